The lowest BCUT2D eigenvalue weighted by Gasteiger charge is -2.33. The predicted octanol–water partition coefficient (Wildman–Crippen LogP) is 41.1. The van der Waals surface area contributed by atoms with E-state index in [-0.39, 0.29) is 21.7 Å². The SMILES string of the molecule is CCCCCCCC1(CCCCCCC)c2ccccc2-c2ccc(-c3ccc4c(c3)C(C)(C)c3cc(-c5ccc6c(c5)C(C)(C)c5c7c(c8c(oc9ccccc98)c5-6)-c5ccc(N(c6ccccc6)c6ccc8c(c6)C(C)(C)c6cc(-c9ccc%10c(c9)C(C)(C)c9cc(-c%11ccc%12c(c%11)C(CCCCCCC)(CCCCCCC)c%11ccccc%11-%12)ccc9-%10)c9oc%10ccccc%10c9c6-8)cc5C7(C)C)ccc3-4)cc21. The maximum absolute atomic E-state index is 7.40. The van der Waals surface area contributed by atoms with E-state index in [1.165, 1.54) is 337 Å². The molecule has 7 aliphatic carbocycles. The zero-order valence-electron chi connectivity index (χ0n) is 87.5. The molecule has 0 spiro atoms. The zero-order chi connectivity index (χ0) is 98.2. The van der Waals surface area contributed by atoms with Gasteiger partial charge in [-0.1, -0.05) is 426 Å². The molecule has 18 aromatic rings. The average Bonchev–Trinajstić information content (AvgIpc) is 1.50. The van der Waals surface area contributed by atoms with Gasteiger partial charge in [-0.3, -0.25) is 0 Å². The van der Waals surface area contributed by atoms with Crippen molar-refractivity contribution >= 4 is 60.9 Å². The minimum Gasteiger partial charge on any atom is -0.455 e. The van der Waals surface area contributed by atoms with E-state index in [9.17, 15) is 0 Å². The highest BCUT2D eigenvalue weighted by Gasteiger charge is 2.52. The third-order valence-electron chi connectivity index (χ3n) is 36.8. The minimum atomic E-state index is -0.438. The van der Waals surface area contributed by atoms with E-state index in [2.05, 4.69) is 399 Å². The lowest BCUT2D eigenvalue weighted by Crippen LogP contribution is -2.25. The Morgan fingerprint density at radius 2 is 0.500 bits per heavy atom. The Hall–Kier alpha value is -13.1. The Morgan fingerprint density at radius 3 is 0.938 bits per heavy atom. The van der Waals surface area contributed by atoms with Gasteiger partial charge in [-0.05, 0) is 312 Å². The van der Waals surface area contributed by atoms with E-state index in [4.69, 9.17) is 8.83 Å². The first kappa shape index (κ1) is 92.1. The fourth-order valence-corrected chi connectivity index (χ4v) is 29.2. The number of rotatable bonds is 31. The Kier molecular flexibility index (Phi) is 22.5. The van der Waals surface area contributed by atoms with Crippen LogP contribution in [0.4, 0.5) is 17.1 Å². The molecular formula is C141H139NO2. The molecule has 0 fully saturated rings. The number of anilines is 3. The van der Waals surface area contributed by atoms with E-state index >= 15 is 0 Å². The van der Waals surface area contributed by atoms with Gasteiger partial charge >= 0.3 is 0 Å². The second-order valence-electron chi connectivity index (χ2n) is 46.9. The Labute approximate surface area is 855 Å². The van der Waals surface area contributed by atoms with Gasteiger partial charge in [-0.25, -0.2) is 0 Å². The maximum Gasteiger partial charge on any atom is 0.144 e. The summed E-state index contributed by atoms with van der Waals surface area (Å²) in [7, 11) is 0. The number of benzene rings is 16. The fraction of sp³-hybridized carbons (Fsp3) is 0.319. The van der Waals surface area contributed by atoms with Gasteiger partial charge in [0.1, 0.15) is 22.3 Å². The molecule has 0 unspecified atom stereocenters. The van der Waals surface area contributed by atoms with Crippen LogP contribution in [-0.2, 0) is 37.9 Å². The van der Waals surface area contributed by atoms with Gasteiger partial charge in [0.25, 0.3) is 0 Å². The van der Waals surface area contributed by atoms with Crippen LogP contribution < -0.4 is 4.90 Å². The molecule has 3 heteroatoms. The summed E-state index contributed by atoms with van der Waals surface area (Å²) in [5.74, 6) is 0. The van der Waals surface area contributed by atoms with Crippen molar-refractivity contribution in [2.24, 2.45) is 0 Å². The number of hydrogen-bond donors (Lipinski definition) is 0. The molecule has 16 aromatic carbocycles. The maximum atomic E-state index is 7.40. The molecule has 0 saturated carbocycles. The highest BCUT2D eigenvalue weighted by molar-refractivity contribution is 6.22. The lowest BCUT2D eigenvalue weighted by molar-refractivity contribution is 0.399. The van der Waals surface area contributed by atoms with E-state index in [1.54, 1.807) is 22.3 Å². The number of nitrogens with zero attached hydrogens (tertiary/aromatic N) is 1. The highest BCUT2D eigenvalue weighted by atomic mass is 16.3. The number of furan rings is 2. The number of fused-ring (bicyclic) bond motifs is 31. The van der Waals surface area contributed by atoms with Crippen LogP contribution >= 0.6 is 0 Å². The number of hydrogen-bond acceptors (Lipinski definition) is 3. The summed E-state index contributed by atoms with van der Waals surface area (Å²) in [4.78, 5) is 2.53. The first-order chi connectivity index (χ1) is 70.0. The molecule has 0 radical (unpaired) electrons. The summed E-state index contributed by atoms with van der Waals surface area (Å²) in [6, 6.07) is 117. The fourth-order valence-electron chi connectivity index (χ4n) is 29.2. The molecule has 0 N–H and O–H groups in total. The van der Waals surface area contributed by atoms with Crippen molar-refractivity contribution in [2.75, 3.05) is 4.90 Å². The third kappa shape index (κ3) is 14.0. The normalized spacial score (nSPS) is 15.8. The smallest absolute Gasteiger partial charge is 0.144 e. The minimum absolute atomic E-state index is 0.0199. The molecule has 25 rings (SSSR count). The van der Waals surface area contributed by atoms with Crippen LogP contribution in [-0.4, -0.2) is 0 Å². The zero-order valence-corrected chi connectivity index (χ0v) is 87.5. The van der Waals surface area contributed by atoms with Crippen molar-refractivity contribution in [3.8, 4) is 122 Å². The van der Waals surface area contributed by atoms with Crippen LogP contribution in [0.15, 0.2) is 306 Å². The molecule has 3 nitrogen and oxygen atoms in total. The van der Waals surface area contributed by atoms with Gasteiger partial charge in [-0.15, -0.1) is 0 Å². The Balaban J connectivity index is 0.534. The van der Waals surface area contributed by atoms with Gasteiger partial charge in [0, 0.05) is 87.6 Å². The first-order valence-electron chi connectivity index (χ1n) is 55.4. The lowest BCUT2D eigenvalue weighted by atomic mass is 9.70. The van der Waals surface area contributed by atoms with Crippen molar-refractivity contribution in [3.05, 3.63) is 375 Å². The summed E-state index contributed by atoms with van der Waals surface area (Å²) in [5.41, 5.74) is 54.1. The van der Waals surface area contributed by atoms with Crippen molar-refractivity contribution in [1.82, 2.24) is 0 Å². The topological polar surface area (TPSA) is 29.5 Å². The highest BCUT2D eigenvalue weighted by Crippen LogP contribution is 2.67. The molecule has 0 amide bonds. The van der Waals surface area contributed by atoms with E-state index in [0.29, 0.717) is 0 Å². The van der Waals surface area contributed by atoms with Crippen LogP contribution in [0.1, 0.15) is 329 Å². The summed E-state index contributed by atoms with van der Waals surface area (Å²) in [5, 5.41) is 4.70. The molecule has 2 heterocycles. The average molecular weight is 1880 g/mol. The molecule has 0 bridgehead atoms. The third-order valence-corrected chi connectivity index (χ3v) is 36.8. The van der Waals surface area contributed by atoms with Gasteiger partial charge in [0.15, 0.2) is 0 Å². The van der Waals surface area contributed by atoms with E-state index in [1.807, 2.05) is 0 Å². The Morgan fingerprint density at radius 1 is 0.201 bits per heavy atom. The van der Waals surface area contributed by atoms with Crippen molar-refractivity contribution in [2.45, 2.75) is 289 Å². The van der Waals surface area contributed by atoms with Gasteiger partial charge < -0.3 is 13.7 Å². The number of unbranched alkanes of at least 4 members (excludes halogenated alkanes) is 16. The molecule has 0 atom stereocenters. The molecule has 144 heavy (non-hydrogen) atoms. The van der Waals surface area contributed by atoms with Crippen LogP contribution in [0.25, 0.3) is 166 Å². The quantitative estimate of drug-likeness (QED) is 0.0406. The van der Waals surface area contributed by atoms with Gasteiger partial charge in [-0.2, -0.15) is 0 Å². The summed E-state index contributed by atoms with van der Waals surface area (Å²) in [6.07, 6.45) is 30.8. The standard InChI is InChI=1S/C141H139NO2/c1-15-19-23-27-42-74-140(75-43-28-24-20-16-2)112-52-38-34-48-98(112)104-68-59-92(82-121(104)140)89-57-66-101-100-65-56-88(78-114(100)135(5,6)115(101)79-89)91-61-71-108-118(81-91)138(11,12)132-130(108)134-129(110-51-37-41-55-125(110)144-134)127-107-73-64-97(86-120(107)139(13,14)131(127)132)142(95-46-32-31-33-47-95)96-63-72-106-119(85-96)137(9,10)123-87-111(133-128(126(106)123)109-50-36-40-54-124(109)143-133)94-62-70-103-102-67-58-90(80-116(102)136(7,8)117(103)84-94)93-60-69-105-99-49-35-39-53-113(99)141(122(105)83-93,76-44-29-25-21-17-3)77-45-30-26-22-18-4/h31-41,46-73,78-87H,15-30,42-45,74-77H2,1-14H3. The van der Waals surface area contributed by atoms with Crippen molar-refractivity contribution in [3.63, 3.8) is 0 Å². The van der Waals surface area contributed by atoms with Gasteiger partial charge in [0.2, 0.25) is 0 Å². The second kappa shape index (κ2) is 35.1. The molecule has 0 aliphatic heterocycles. The first-order valence-corrected chi connectivity index (χ1v) is 55.4. The van der Waals surface area contributed by atoms with Crippen LogP contribution in [0.2, 0.25) is 0 Å². The summed E-state index contributed by atoms with van der Waals surface area (Å²) >= 11 is 0. The van der Waals surface area contributed by atoms with Crippen LogP contribution in [0, 0.1) is 0 Å². The second-order valence-corrected chi connectivity index (χ2v) is 46.9. The van der Waals surface area contributed by atoms with Crippen LogP contribution in [0.5, 0.6) is 0 Å². The molecule has 0 saturated heterocycles. The molecule has 2 aromatic heterocycles. The number of para-hydroxylation sites is 3. The van der Waals surface area contributed by atoms with Crippen molar-refractivity contribution in [1.29, 1.82) is 0 Å². The van der Waals surface area contributed by atoms with E-state index in [0.717, 1.165) is 55.7 Å². The molecule has 720 valence electrons. The monoisotopic (exact) mass is 1880 g/mol. The van der Waals surface area contributed by atoms with Crippen LogP contribution in [0.3, 0.4) is 0 Å². The van der Waals surface area contributed by atoms with Gasteiger partial charge in [0.05, 0.1) is 0 Å². The summed E-state index contributed by atoms with van der Waals surface area (Å²) < 4.78 is 14.7. The predicted molar refractivity (Wildman–Crippen MR) is 611 cm³/mol. The Bertz CT molecular complexity index is 8210. The molecule has 7 aliphatic rings. The largest absolute Gasteiger partial charge is 0.455 e. The summed E-state index contributed by atoms with van der Waals surface area (Å²) in [6.45, 7) is 34.2. The van der Waals surface area contributed by atoms with E-state index < -0.39 is 16.2 Å². The molecular weight excluding hydrogens is 1740 g/mol. The van der Waals surface area contributed by atoms with Crippen molar-refractivity contribution < 1.29 is 8.83 Å².